The maximum atomic E-state index is 12.0. The summed E-state index contributed by atoms with van der Waals surface area (Å²) in [5, 5.41) is 3.45. The smallest absolute Gasteiger partial charge is 0.274 e. The lowest BCUT2D eigenvalue weighted by Crippen LogP contribution is -2.15. The van der Waals surface area contributed by atoms with E-state index in [1.54, 1.807) is 0 Å². The van der Waals surface area contributed by atoms with Crippen LogP contribution in [-0.2, 0) is 12.2 Å². The van der Waals surface area contributed by atoms with Crippen molar-refractivity contribution in [1.29, 1.82) is 0 Å². The molecular formula is C17H17N7OS. The molecule has 8 nitrogen and oxygen atoms in total. The van der Waals surface area contributed by atoms with Gasteiger partial charge in [-0.25, -0.2) is 9.97 Å². The van der Waals surface area contributed by atoms with Gasteiger partial charge >= 0.3 is 0 Å². The second kappa shape index (κ2) is 6.68. The van der Waals surface area contributed by atoms with E-state index in [1.807, 2.05) is 25.1 Å². The molecule has 4 N–H and O–H groups in total. The Hall–Kier alpha value is -3.07. The number of hydrogen-bond donors (Lipinski definition) is 3. The number of H-pyrrole nitrogens is 2. The summed E-state index contributed by atoms with van der Waals surface area (Å²) in [6.07, 6.45) is 0.780. The number of anilines is 1. The topological polar surface area (TPSA) is 118 Å². The van der Waals surface area contributed by atoms with Crippen LogP contribution in [0.2, 0.25) is 0 Å². The van der Waals surface area contributed by atoms with Gasteiger partial charge in [0, 0.05) is 23.9 Å². The highest BCUT2D eigenvalue weighted by Crippen LogP contribution is 2.21. The minimum atomic E-state index is -0.241. The normalized spacial score (nSPS) is 11.3. The standard InChI is InChI=1S/C17H17N7OS/c1-10-13(7-11-5-3-2-4-6-11)21-17(19-10)26-9-12-8-14(25)24-16(20-12)22-15(18)23-24/h2-6,8H,7,9H2,1H3,(H,19,21)(H3,18,20,22,23). The van der Waals surface area contributed by atoms with E-state index in [4.69, 9.17) is 5.73 Å². The Morgan fingerprint density at radius 3 is 2.81 bits per heavy atom. The number of thioether (sulfide) groups is 1. The molecule has 3 aromatic heterocycles. The van der Waals surface area contributed by atoms with Gasteiger partial charge in [-0.15, -0.1) is 0 Å². The summed E-state index contributed by atoms with van der Waals surface area (Å²) in [6, 6.07) is 11.7. The second-order valence-corrected chi connectivity index (χ2v) is 6.86. The van der Waals surface area contributed by atoms with E-state index >= 15 is 0 Å². The quantitative estimate of drug-likeness (QED) is 0.464. The zero-order valence-electron chi connectivity index (χ0n) is 14.1. The highest BCUT2D eigenvalue weighted by atomic mass is 32.2. The molecule has 9 heteroatoms. The molecule has 4 aromatic rings. The van der Waals surface area contributed by atoms with Crippen molar-refractivity contribution in [3.05, 3.63) is 69.4 Å². The van der Waals surface area contributed by atoms with Crippen molar-refractivity contribution >= 4 is 23.5 Å². The monoisotopic (exact) mass is 367 g/mol. The average molecular weight is 367 g/mol. The molecule has 0 fully saturated rings. The van der Waals surface area contributed by atoms with Crippen molar-refractivity contribution in [3.63, 3.8) is 0 Å². The van der Waals surface area contributed by atoms with Gasteiger partial charge in [0.05, 0.1) is 11.4 Å². The number of nitrogen functional groups attached to an aromatic ring is 1. The molecule has 0 aliphatic carbocycles. The zero-order valence-corrected chi connectivity index (χ0v) is 14.9. The van der Waals surface area contributed by atoms with Crippen molar-refractivity contribution in [2.45, 2.75) is 24.3 Å². The van der Waals surface area contributed by atoms with Crippen LogP contribution >= 0.6 is 11.8 Å². The zero-order chi connectivity index (χ0) is 18.1. The number of imidazole rings is 1. The van der Waals surface area contributed by atoms with Crippen LogP contribution in [-0.4, -0.2) is 29.5 Å². The molecule has 132 valence electrons. The third-order valence-electron chi connectivity index (χ3n) is 3.94. The Balaban J connectivity index is 1.50. The van der Waals surface area contributed by atoms with Gasteiger partial charge in [-0.1, -0.05) is 42.1 Å². The van der Waals surface area contributed by atoms with Crippen LogP contribution in [0.4, 0.5) is 5.95 Å². The fourth-order valence-corrected chi connectivity index (χ4v) is 3.49. The highest BCUT2D eigenvalue weighted by Gasteiger charge is 2.10. The van der Waals surface area contributed by atoms with Gasteiger partial charge in [0.1, 0.15) is 0 Å². The minimum Gasteiger partial charge on any atom is -0.368 e. The minimum absolute atomic E-state index is 0.159. The van der Waals surface area contributed by atoms with Crippen molar-refractivity contribution in [2.24, 2.45) is 0 Å². The number of fused-ring (bicyclic) bond motifs is 1. The first-order valence-corrected chi connectivity index (χ1v) is 9.03. The largest absolute Gasteiger partial charge is 0.368 e. The molecule has 4 rings (SSSR count). The van der Waals surface area contributed by atoms with Crippen molar-refractivity contribution in [2.75, 3.05) is 5.73 Å². The lowest BCUT2D eigenvalue weighted by atomic mass is 10.1. The van der Waals surface area contributed by atoms with E-state index in [0.717, 1.165) is 23.0 Å². The van der Waals surface area contributed by atoms with Gasteiger partial charge in [0.2, 0.25) is 5.95 Å². The maximum absolute atomic E-state index is 12.0. The Morgan fingerprint density at radius 1 is 1.19 bits per heavy atom. The Bertz CT molecular complexity index is 1110. The molecule has 0 aliphatic heterocycles. The van der Waals surface area contributed by atoms with E-state index in [-0.39, 0.29) is 17.3 Å². The number of aryl methyl sites for hydroxylation is 1. The van der Waals surface area contributed by atoms with Crippen LogP contribution in [0.25, 0.3) is 5.78 Å². The first-order valence-electron chi connectivity index (χ1n) is 8.05. The fourth-order valence-electron chi connectivity index (χ4n) is 2.66. The van der Waals surface area contributed by atoms with E-state index in [1.165, 1.54) is 27.9 Å². The summed E-state index contributed by atoms with van der Waals surface area (Å²) in [5.41, 5.74) is 9.23. The number of nitrogens with zero attached hydrogens (tertiary/aromatic N) is 4. The summed E-state index contributed by atoms with van der Waals surface area (Å²) >= 11 is 1.50. The Morgan fingerprint density at radius 2 is 2.00 bits per heavy atom. The summed E-state index contributed by atoms with van der Waals surface area (Å²) in [6.45, 7) is 2.01. The van der Waals surface area contributed by atoms with Crippen molar-refractivity contribution < 1.29 is 0 Å². The number of aromatic nitrogens is 6. The molecule has 1 aromatic carbocycles. The number of rotatable bonds is 5. The van der Waals surface area contributed by atoms with E-state index in [0.29, 0.717) is 11.4 Å². The van der Waals surface area contributed by atoms with Crippen molar-refractivity contribution in [3.8, 4) is 0 Å². The number of benzene rings is 1. The predicted octanol–water partition coefficient (Wildman–Crippen LogP) is 1.91. The molecule has 0 amide bonds. The molecule has 0 radical (unpaired) electrons. The molecule has 0 aliphatic rings. The molecular weight excluding hydrogens is 350 g/mol. The third-order valence-corrected chi connectivity index (χ3v) is 4.84. The van der Waals surface area contributed by atoms with Gasteiger partial charge in [-0.2, -0.15) is 9.50 Å². The molecule has 0 saturated carbocycles. The van der Waals surface area contributed by atoms with E-state index in [2.05, 4.69) is 37.2 Å². The molecule has 0 unspecified atom stereocenters. The van der Waals surface area contributed by atoms with Crippen LogP contribution in [0.15, 0.2) is 46.3 Å². The Kier molecular flexibility index (Phi) is 4.21. The lowest BCUT2D eigenvalue weighted by Gasteiger charge is -1.99. The molecule has 0 atom stereocenters. The molecule has 0 saturated heterocycles. The number of nitrogens with one attached hydrogen (secondary N) is 2. The summed E-state index contributed by atoms with van der Waals surface area (Å²) in [4.78, 5) is 28.3. The number of aromatic amines is 2. The fraction of sp³-hybridized carbons (Fsp3) is 0.176. The van der Waals surface area contributed by atoms with Crippen LogP contribution in [0, 0.1) is 6.92 Å². The number of nitrogens with two attached hydrogens (primary N) is 1. The second-order valence-electron chi connectivity index (χ2n) is 5.89. The van der Waals surface area contributed by atoms with Gasteiger partial charge in [0.25, 0.3) is 11.3 Å². The molecule has 3 heterocycles. The van der Waals surface area contributed by atoms with Crippen molar-refractivity contribution in [1.82, 2.24) is 29.5 Å². The van der Waals surface area contributed by atoms with Crippen LogP contribution in [0.1, 0.15) is 22.6 Å². The number of hydrogen-bond acceptors (Lipinski definition) is 6. The van der Waals surface area contributed by atoms with E-state index < -0.39 is 0 Å². The lowest BCUT2D eigenvalue weighted by molar-refractivity contribution is 0.890. The summed E-state index contributed by atoms with van der Waals surface area (Å²) < 4.78 is 1.22. The van der Waals surface area contributed by atoms with Crippen LogP contribution in [0.3, 0.4) is 0 Å². The Labute approximate surface area is 152 Å². The van der Waals surface area contributed by atoms with Gasteiger partial charge in [0.15, 0.2) is 5.16 Å². The first kappa shape index (κ1) is 16.4. The molecule has 26 heavy (non-hydrogen) atoms. The summed E-state index contributed by atoms with van der Waals surface area (Å²) in [7, 11) is 0. The molecule has 0 spiro atoms. The average Bonchev–Trinajstić information content (AvgIpc) is 3.16. The summed E-state index contributed by atoms with van der Waals surface area (Å²) in [5.74, 6) is 0.938. The predicted molar refractivity (Wildman–Crippen MR) is 100 cm³/mol. The maximum Gasteiger partial charge on any atom is 0.274 e. The highest BCUT2D eigenvalue weighted by molar-refractivity contribution is 7.98. The van der Waals surface area contributed by atoms with Crippen LogP contribution < -0.4 is 11.3 Å². The van der Waals surface area contributed by atoms with E-state index in [9.17, 15) is 4.79 Å². The van der Waals surface area contributed by atoms with Gasteiger partial charge in [-0.3, -0.25) is 9.89 Å². The molecule has 0 bridgehead atoms. The van der Waals surface area contributed by atoms with Gasteiger partial charge < -0.3 is 10.7 Å². The third kappa shape index (κ3) is 3.33. The first-order chi connectivity index (χ1) is 12.6. The SMILES string of the molecule is Cc1[nH]c(SCc2cc(=O)n3[nH]c(N)nc3n2)nc1Cc1ccccc1. The van der Waals surface area contributed by atoms with Gasteiger partial charge in [-0.05, 0) is 12.5 Å². The van der Waals surface area contributed by atoms with Crippen LogP contribution in [0.5, 0.6) is 0 Å².